The summed E-state index contributed by atoms with van der Waals surface area (Å²) in [4.78, 5) is 12.7. The van der Waals surface area contributed by atoms with Crippen LogP contribution in [0.1, 0.15) is 44.1 Å². The highest BCUT2D eigenvalue weighted by Crippen LogP contribution is 2.42. The Morgan fingerprint density at radius 2 is 2.10 bits per heavy atom. The predicted octanol–water partition coefficient (Wildman–Crippen LogP) is 2.69. The molecule has 1 aromatic rings. The fourth-order valence-corrected chi connectivity index (χ4v) is 3.91. The maximum atomic E-state index is 12.7. The van der Waals surface area contributed by atoms with Gasteiger partial charge in [0.2, 0.25) is 13.1 Å². The molecule has 3 atom stereocenters. The highest BCUT2D eigenvalue weighted by atomic mass is 16.7. The molecule has 1 amide bonds. The van der Waals surface area contributed by atoms with Gasteiger partial charge in [-0.05, 0) is 62.3 Å². The summed E-state index contributed by atoms with van der Waals surface area (Å²) < 4.78 is 22.8. The first-order valence-electron chi connectivity index (χ1n) is 10.5. The van der Waals surface area contributed by atoms with Crippen LogP contribution in [0.4, 0.5) is 0 Å². The monoisotopic (exact) mass is 403 g/mol. The summed E-state index contributed by atoms with van der Waals surface area (Å²) in [5.74, 6) is 2.00. The lowest BCUT2D eigenvalue weighted by Gasteiger charge is -2.37. The molecule has 1 fully saturated rings. The number of aliphatic hydroxyl groups is 1. The average Bonchev–Trinajstić information content (AvgIpc) is 3.45. The van der Waals surface area contributed by atoms with E-state index in [1.54, 1.807) is 0 Å². The van der Waals surface area contributed by atoms with Gasteiger partial charge in [0.15, 0.2) is 17.3 Å². The van der Waals surface area contributed by atoms with Crippen molar-refractivity contribution in [2.45, 2.75) is 44.8 Å². The van der Waals surface area contributed by atoms with Crippen LogP contribution in [0.3, 0.4) is 0 Å². The number of carbonyl (C=O) groups is 1. The van der Waals surface area contributed by atoms with E-state index in [0.717, 1.165) is 11.3 Å². The van der Waals surface area contributed by atoms with Gasteiger partial charge in [-0.2, -0.15) is 0 Å². The minimum absolute atomic E-state index is 0.0255. The number of amides is 1. The van der Waals surface area contributed by atoms with Crippen LogP contribution in [0.5, 0.6) is 11.5 Å². The molecule has 7 nitrogen and oxygen atoms in total. The Morgan fingerprint density at radius 3 is 2.86 bits per heavy atom. The van der Waals surface area contributed by atoms with Gasteiger partial charge in [0.05, 0.1) is 0 Å². The lowest BCUT2D eigenvalue weighted by Crippen LogP contribution is -2.39. The summed E-state index contributed by atoms with van der Waals surface area (Å²) in [7, 11) is 0. The molecule has 0 spiro atoms. The van der Waals surface area contributed by atoms with E-state index in [1.807, 2.05) is 31.2 Å². The average molecular weight is 403 g/mol. The van der Waals surface area contributed by atoms with Gasteiger partial charge in [0, 0.05) is 31.6 Å². The van der Waals surface area contributed by atoms with Crippen LogP contribution in [0.15, 0.2) is 30.0 Å². The van der Waals surface area contributed by atoms with Gasteiger partial charge in [0.25, 0.3) is 5.91 Å². The number of allylic oxidation sites excluding steroid dienone is 1. The van der Waals surface area contributed by atoms with Crippen molar-refractivity contribution >= 4 is 5.91 Å². The van der Waals surface area contributed by atoms with Crippen molar-refractivity contribution in [2.24, 2.45) is 11.8 Å². The molecule has 0 unspecified atom stereocenters. The molecule has 7 heteroatoms. The normalized spacial score (nSPS) is 25.3. The number of rotatable bonds is 9. The van der Waals surface area contributed by atoms with E-state index in [2.05, 4.69) is 5.32 Å². The van der Waals surface area contributed by atoms with Crippen molar-refractivity contribution in [3.8, 4) is 11.5 Å². The SMILES string of the molecule is CCO[C@@H]1OC(C(=O)NCC2CC2)=C[C@H](c2ccc3c(c2)OCO3)[C@H]1CCCO. The molecule has 0 radical (unpaired) electrons. The van der Waals surface area contributed by atoms with Crippen molar-refractivity contribution in [1.82, 2.24) is 5.32 Å². The Hall–Kier alpha value is -2.25. The zero-order valence-electron chi connectivity index (χ0n) is 16.8. The van der Waals surface area contributed by atoms with E-state index in [9.17, 15) is 9.90 Å². The van der Waals surface area contributed by atoms with Gasteiger partial charge in [-0.3, -0.25) is 4.79 Å². The topological polar surface area (TPSA) is 86.3 Å². The Bertz CT molecular complexity index is 760. The molecule has 4 rings (SSSR count). The molecule has 2 N–H and O–H groups in total. The quantitative estimate of drug-likeness (QED) is 0.659. The van der Waals surface area contributed by atoms with Crippen LogP contribution < -0.4 is 14.8 Å². The van der Waals surface area contributed by atoms with Crippen molar-refractivity contribution in [1.29, 1.82) is 0 Å². The zero-order chi connectivity index (χ0) is 20.2. The third-order valence-electron chi connectivity index (χ3n) is 5.66. The van der Waals surface area contributed by atoms with Crippen LogP contribution in [-0.2, 0) is 14.3 Å². The third-order valence-corrected chi connectivity index (χ3v) is 5.66. The maximum absolute atomic E-state index is 12.7. The highest BCUT2D eigenvalue weighted by molar-refractivity contribution is 5.91. The van der Waals surface area contributed by atoms with Crippen LogP contribution in [-0.4, -0.2) is 43.9 Å². The van der Waals surface area contributed by atoms with Gasteiger partial charge < -0.3 is 29.4 Å². The molecule has 1 saturated carbocycles. The van der Waals surface area contributed by atoms with Gasteiger partial charge in [-0.15, -0.1) is 0 Å². The molecule has 1 aliphatic carbocycles. The number of nitrogens with one attached hydrogen (secondary N) is 1. The number of hydrogen-bond donors (Lipinski definition) is 2. The summed E-state index contributed by atoms with van der Waals surface area (Å²) >= 11 is 0. The van der Waals surface area contributed by atoms with Crippen molar-refractivity contribution in [2.75, 3.05) is 26.6 Å². The lowest BCUT2D eigenvalue weighted by atomic mass is 9.80. The first-order valence-corrected chi connectivity index (χ1v) is 10.5. The number of carbonyl (C=O) groups excluding carboxylic acids is 1. The number of benzene rings is 1. The Labute approximate surface area is 171 Å². The van der Waals surface area contributed by atoms with Crippen LogP contribution >= 0.6 is 0 Å². The number of fused-ring (bicyclic) bond motifs is 1. The number of aliphatic hydroxyl groups excluding tert-OH is 1. The number of ether oxygens (including phenoxy) is 4. The van der Waals surface area contributed by atoms with Crippen molar-refractivity contribution in [3.63, 3.8) is 0 Å². The lowest BCUT2D eigenvalue weighted by molar-refractivity contribution is -0.166. The molecule has 0 bridgehead atoms. The summed E-state index contributed by atoms with van der Waals surface area (Å²) in [5.41, 5.74) is 1.01. The van der Waals surface area contributed by atoms with Crippen molar-refractivity contribution < 1.29 is 28.8 Å². The van der Waals surface area contributed by atoms with Gasteiger partial charge in [-0.1, -0.05) is 6.07 Å². The van der Waals surface area contributed by atoms with E-state index >= 15 is 0 Å². The van der Waals surface area contributed by atoms with E-state index in [4.69, 9.17) is 18.9 Å². The molecule has 1 aromatic carbocycles. The fourth-order valence-electron chi connectivity index (χ4n) is 3.91. The fraction of sp³-hybridized carbons (Fsp3) is 0.591. The van der Waals surface area contributed by atoms with Crippen molar-refractivity contribution in [3.05, 3.63) is 35.6 Å². The Balaban J connectivity index is 1.62. The first-order chi connectivity index (χ1) is 14.2. The van der Waals surface area contributed by atoms with Gasteiger partial charge in [0.1, 0.15) is 0 Å². The highest BCUT2D eigenvalue weighted by Gasteiger charge is 2.38. The Kier molecular flexibility index (Phi) is 6.25. The van der Waals surface area contributed by atoms with E-state index in [-0.39, 0.29) is 31.1 Å². The smallest absolute Gasteiger partial charge is 0.286 e. The van der Waals surface area contributed by atoms with Crippen LogP contribution in [0.25, 0.3) is 0 Å². The van der Waals surface area contributed by atoms with Gasteiger partial charge in [-0.25, -0.2) is 0 Å². The molecule has 2 heterocycles. The molecule has 0 aromatic heterocycles. The van der Waals surface area contributed by atoms with Gasteiger partial charge >= 0.3 is 0 Å². The summed E-state index contributed by atoms with van der Waals surface area (Å²) in [5, 5.41) is 12.3. The molecule has 29 heavy (non-hydrogen) atoms. The van der Waals surface area contributed by atoms with E-state index in [1.165, 1.54) is 12.8 Å². The molecule has 0 saturated heterocycles. The zero-order valence-corrected chi connectivity index (χ0v) is 16.8. The maximum Gasteiger partial charge on any atom is 0.286 e. The second-order valence-corrected chi connectivity index (χ2v) is 7.79. The first kappa shape index (κ1) is 20.0. The summed E-state index contributed by atoms with van der Waals surface area (Å²) in [6, 6.07) is 5.85. The molecule has 3 aliphatic rings. The summed E-state index contributed by atoms with van der Waals surface area (Å²) in [6.45, 7) is 3.38. The third kappa shape index (κ3) is 4.67. The second kappa shape index (κ2) is 9.05. The minimum Gasteiger partial charge on any atom is -0.459 e. The van der Waals surface area contributed by atoms with E-state index in [0.29, 0.717) is 43.4 Å². The standard InChI is InChI=1S/C22H29NO6/c1-2-26-22-16(4-3-9-24)17(15-7-8-18-19(10-15)28-13-27-18)11-20(29-22)21(25)23-12-14-5-6-14/h7-8,10-11,14,16-17,22,24H,2-6,9,12-13H2,1H3,(H,23,25)/t16-,17-,22-/m1/s1. The minimum atomic E-state index is -0.548. The van der Waals surface area contributed by atoms with E-state index < -0.39 is 6.29 Å². The second-order valence-electron chi connectivity index (χ2n) is 7.79. The van der Waals surface area contributed by atoms with Crippen LogP contribution in [0, 0.1) is 11.8 Å². The Morgan fingerprint density at radius 1 is 1.28 bits per heavy atom. The molecular weight excluding hydrogens is 374 g/mol. The number of hydrogen-bond acceptors (Lipinski definition) is 6. The summed E-state index contributed by atoms with van der Waals surface area (Å²) in [6.07, 6.45) is 5.03. The molecular formula is C22H29NO6. The molecule has 2 aliphatic heterocycles. The molecule has 158 valence electrons. The largest absolute Gasteiger partial charge is 0.459 e. The van der Waals surface area contributed by atoms with Crippen LogP contribution in [0.2, 0.25) is 0 Å². The predicted molar refractivity (Wildman–Crippen MR) is 105 cm³/mol.